The fourth-order valence-corrected chi connectivity index (χ4v) is 8.99. The van der Waals surface area contributed by atoms with Crippen molar-refractivity contribution in [1.82, 2.24) is 0 Å². The van der Waals surface area contributed by atoms with E-state index in [-0.39, 0.29) is 9.75 Å². The van der Waals surface area contributed by atoms with E-state index in [1.807, 2.05) is 0 Å². The Hall–Kier alpha value is 0.320. The van der Waals surface area contributed by atoms with Crippen LogP contribution in [-0.4, -0.2) is 9.75 Å². The first-order chi connectivity index (χ1) is 14.3. The van der Waals surface area contributed by atoms with Gasteiger partial charge in [-0.2, -0.15) is 0 Å². The molecule has 0 saturated heterocycles. The predicted octanol–water partition coefficient (Wildman–Crippen LogP) is 9.67. The third-order valence-corrected chi connectivity index (χ3v) is 11.1. The molecule has 4 saturated carbocycles. The maximum Gasteiger partial charge on any atom is 0.0624 e. The van der Waals surface area contributed by atoms with Crippen molar-refractivity contribution in [2.75, 3.05) is 0 Å². The largest absolute Gasteiger partial charge is 0.120 e. The molecule has 4 aliphatic carbocycles. The van der Waals surface area contributed by atoms with Crippen molar-refractivity contribution >= 4 is 23.2 Å². The maximum atomic E-state index is 6.92. The van der Waals surface area contributed by atoms with Gasteiger partial charge in [0.25, 0.3) is 0 Å². The molecular formula is C28H46Cl2. The Labute approximate surface area is 196 Å². The van der Waals surface area contributed by atoms with Gasteiger partial charge in [0.15, 0.2) is 0 Å². The fourth-order valence-electron chi connectivity index (χ4n) is 8.59. The second kappa shape index (κ2) is 9.29. The summed E-state index contributed by atoms with van der Waals surface area (Å²) in [7, 11) is 0. The Bertz CT molecular complexity index is 564. The van der Waals surface area contributed by atoms with Crippen LogP contribution in [0.25, 0.3) is 0 Å². The van der Waals surface area contributed by atoms with E-state index in [1.165, 1.54) is 108 Å². The lowest BCUT2D eigenvalue weighted by Gasteiger charge is -2.61. The van der Waals surface area contributed by atoms with Crippen molar-refractivity contribution in [2.24, 2.45) is 29.1 Å². The third-order valence-electron chi connectivity index (χ3n) is 10.3. The fraction of sp³-hybridized carbons (Fsp3) is 0.929. The number of allylic oxidation sites excluding steroid dienone is 1. The summed E-state index contributed by atoms with van der Waals surface area (Å²) in [4.78, 5) is -0.144. The zero-order valence-electron chi connectivity index (χ0n) is 19.8. The van der Waals surface area contributed by atoms with Gasteiger partial charge in [-0.1, -0.05) is 50.7 Å². The van der Waals surface area contributed by atoms with E-state index in [4.69, 9.17) is 23.2 Å². The van der Waals surface area contributed by atoms with Crippen molar-refractivity contribution in [3.8, 4) is 0 Å². The summed E-state index contributed by atoms with van der Waals surface area (Å²) < 4.78 is 0. The van der Waals surface area contributed by atoms with Gasteiger partial charge in [0.1, 0.15) is 0 Å². The zero-order valence-corrected chi connectivity index (χ0v) is 21.3. The van der Waals surface area contributed by atoms with Crippen LogP contribution >= 0.6 is 23.2 Å². The number of hydrogen-bond acceptors (Lipinski definition) is 0. The molecule has 4 rings (SSSR count). The number of hydrogen-bond donors (Lipinski definition) is 0. The quantitative estimate of drug-likeness (QED) is 0.293. The van der Waals surface area contributed by atoms with Crippen LogP contribution in [-0.2, 0) is 0 Å². The van der Waals surface area contributed by atoms with Crippen LogP contribution < -0.4 is 0 Å². The highest BCUT2D eigenvalue weighted by molar-refractivity contribution is 6.25. The van der Waals surface area contributed by atoms with Crippen molar-refractivity contribution in [2.45, 2.75) is 133 Å². The molecule has 2 unspecified atom stereocenters. The van der Waals surface area contributed by atoms with Gasteiger partial charge in [0, 0.05) is 4.87 Å². The van der Waals surface area contributed by atoms with Crippen molar-refractivity contribution in [3.63, 3.8) is 0 Å². The molecule has 30 heavy (non-hydrogen) atoms. The SMILES string of the molecule is C=C1CC(C(C2CCCCC2)(C2CCCCC2)C2CCC(C)(Cl)CC2)CCC1(C)Cl. The molecule has 0 bridgehead atoms. The number of halogens is 2. The van der Waals surface area contributed by atoms with Crippen molar-refractivity contribution in [3.05, 3.63) is 12.2 Å². The highest BCUT2D eigenvalue weighted by Crippen LogP contribution is 2.64. The smallest absolute Gasteiger partial charge is 0.0624 e. The summed E-state index contributed by atoms with van der Waals surface area (Å²) >= 11 is 13.8. The molecule has 4 aliphatic rings. The van der Waals surface area contributed by atoms with E-state index in [9.17, 15) is 0 Å². The number of rotatable bonds is 4. The normalized spacial score (nSPS) is 40.5. The molecule has 0 amide bonds. The summed E-state index contributed by atoms with van der Waals surface area (Å²) in [6, 6.07) is 0. The minimum absolute atomic E-state index is 0.0340. The van der Waals surface area contributed by atoms with Crippen LogP contribution in [0.2, 0.25) is 0 Å². The first-order valence-electron chi connectivity index (χ1n) is 13.3. The average Bonchev–Trinajstić information content (AvgIpc) is 2.74. The zero-order chi connectivity index (χ0) is 21.4. The van der Waals surface area contributed by atoms with Gasteiger partial charge < -0.3 is 0 Å². The van der Waals surface area contributed by atoms with Crippen LogP contribution in [0.15, 0.2) is 12.2 Å². The highest BCUT2D eigenvalue weighted by Gasteiger charge is 2.57. The summed E-state index contributed by atoms with van der Waals surface area (Å²) in [6.45, 7) is 9.04. The first-order valence-corrected chi connectivity index (χ1v) is 14.1. The van der Waals surface area contributed by atoms with Crippen molar-refractivity contribution in [1.29, 1.82) is 0 Å². The van der Waals surface area contributed by atoms with Crippen LogP contribution in [0, 0.1) is 29.1 Å². The van der Waals surface area contributed by atoms with Crippen LogP contribution in [0.3, 0.4) is 0 Å². The van der Waals surface area contributed by atoms with E-state index < -0.39 is 0 Å². The minimum Gasteiger partial charge on any atom is -0.120 e. The Kier molecular flexibility index (Phi) is 7.27. The highest BCUT2D eigenvalue weighted by atomic mass is 35.5. The molecule has 0 radical (unpaired) electrons. The van der Waals surface area contributed by atoms with Gasteiger partial charge in [0.2, 0.25) is 0 Å². The van der Waals surface area contributed by atoms with Gasteiger partial charge in [-0.05, 0) is 114 Å². The molecule has 0 heterocycles. The van der Waals surface area contributed by atoms with E-state index in [0.717, 1.165) is 30.1 Å². The van der Waals surface area contributed by atoms with E-state index in [2.05, 4.69) is 20.4 Å². The summed E-state index contributed by atoms with van der Waals surface area (Å²) in [5, 5.41) is 0. The van der Waals surface area contributed by atoms with Gasteiger partial charge in [-0.25, -0.2) is 0 Å². The monoisotopic (exact) mass is 452 g/mol. The second-order valence-electron chi connectivity index (χ2n) is 12.1. The molecule has 0 aliphatic heterocycles. The lowest BCUT2D eigenvalue weighted by molar-refractivity contribution is -0.105. The molecule has 0 aromatic heterocycles. The Morgan fingerprint density at radius 1 is 0.667 bits per heavy atom. The molecule has 0 nitrogen and oxygen atoms in total. The number of alkyl halides is 2. The Morgan fingerprint density at radius 2 is 1.10 bits per heavy atom. The Morgan fingerprint density at radius 3 is 1.57 bits per heavy atom. The van der Waals surface area contributed by atoms with Crippen LogP contribution in [0.5, 0.6) is 0 Å². The first kappa shape index (κ1) is 23.5. The van der Waals surface area contributed by atoms with Gasteiger partial charge in [0.05, 0.1) is 4.87 Å². The van der Waals surface area contributed by atoms with Crippen molar-refractivity contribution < 1.29 is 0 Å². The van der Waals surface area contributed by atoms with E-state index >= 15 is 0 Å². The Balaban J connectivity index is 1.73. The molecule has 2 atom stereocenters. The van der Waals surface area contributed by atoms with E-state index in [1.54, 1.807) is 0 Å². The molecule has 2 heteroatoms. The molecule has 0 spiro atoms. The lowest BCUT2D eigenvalue weighted by Crippen LogP contribution is -2.54. The molecule has 0 aromatic carbocycles. The summed E-state index contributed by atoms with van der Waals surface area (Å²) in [5.41, 5.74) is 1.85. The molecule has 0 aromatic rings. The standard InChI is InChI=1S/C28H46Cl2/c1-21-20-25(16-19-27(21,3)30)28(22-10-6-4-7-11-22,23-12-8-5-9-13-23)24-14-17-26(2,29)18-15-24/h22-25H,1,4-20H2,2-3H3. The van der Waals surface area contributed by atoms with Gasteiger partial charge in [-0.3, -0.25) is 0 Å². The third kappa shape index (κ3) is 4.53. The molecule has 4 fully saturated rings. The molecule has 0 N–H and O–H groups in total. The van der Waals surface area contributed by atoms with Crippen LogP contribution in [0.1, 0.15) is 123 Å². The molecule has 172 valence electrons. The lowest BCUT2D eigenvalue weighted by atomic mass is 9.44. The average molecular weight is 454 g/mol. The molecular weight excluding hydrogens is 407 g/mol. The summed E-state index contributed by atoms with van der Waals surface area (Å²) in [5.74, 6) is 3.52. The predicted molar refractivity (Wildman–Crippen MR) is 133 cm³/mol. The second-order valence-corrected chi connectivity index (χ2v) is 13.8. The summed E-state index contributed by atoms with van der Waals surface area (Å²) in [6.07, 6.45) is 23.4. The van der Waals surface area contributed by atoms with Crippen LogP contribution in [0.4, 0.5) is 0 Å². The van der Waals surface area contributed by atoms with E-state index in [0.29, 0.717) is 5.41 Å². The van der Waals surface area contributed by atoms with Gasteiger partial charge in [-0.15, -0.1) is 23.2 Å². The topological polar surface area (TPSA) is 0 Å². The maximum absolute atomic E-state index is 6.92. The van der Waals surface area contributed by atoms with Gasteiger partial charge >= 0.3 is 0 Å². The minimum atomic E-state index is -0.178.